The van der Waals surface area contributed by atoms with E-state index in [0.717, 1.165) is 16.7 Å². The van der Waals surface area contributed by atoms with Crippen LogP contribution < -0.4 is 10.1 Å². The van der Waals surface area contributed by atoms with Gasteiger partial charge in [0.15, 0.2) is 11.9 Å². The zero-order chi connectivity index (χ0) is 28.6. The summed E-state index contributed by atoms with van der Waals surface area (Å²) in [6.45, 7) is 0. The average molecular weight is 668 g/mol. The number of halogens is 3. The third-order valence-corrected chi connectivity index (χ3v) is 8.42. The van der Waals surface area contributed by atoms with Crippen molar-refractivity contribution >= 4 is 33.9 Å². The van der Waals surface area contributed by atoms with Gasteiger partial charge in [-0.25, -0.2) is 18.3 Å². The van der Waals surface area contributed by atoms with Crippen LogP contribution >= 0.6 is 22.6 Å². The van der Waals surface area contributed by atoms with E-state index in [1.165, 1.54) is 10.8 Å². The molecular weight excluding hydrogens is 641 g/mol. The Hall–Kier alpha value is -3.61. The first-order valence-electron chi connectivity index (χ1n) is 13.0. The smallest absolute Gasteiger partial charge is 0.307 e. The zero-order valence-electron chi connectivity index (χ0n) is 22.0. The molecule has 0 unspecified atom stereocenters. The van der Waals surface area contributed by atoms with E-state index in [4.69, 9.17) is 9.47 Å². The molecule has 1 saturated heterocycles. The molecule has 0 bridgehead atoms. The summed E-state index contributed by atoms with van der Waals surface area (Å²) < 4.78 is 43.0. The molecule has 6 rings (SSSR count). The minimum Gasteiger partial charge on any atom is -0.497 e. The van der Waals surface area contributed by atoms with Crippen molar-refractivity contribution in [2.45, 2.75) is 29.8 Å². The SMILES string of the molecule is COc1ccc(C(Nc2ncnn3c([C@@H]4O[C@H](CI)[C@@H](O)C4(F)F)ccc23)(c2ccccc2)c2ccccc2)cc1. The summed E-state index contributed by atoms with van der Waals surface area (Å²) in [6, 6.07) is 30.9. The third-order valence-electron chi connectivity index (χ3n) is 7.55. The second-order valence-electron chi connectivity index (χ2n) is 9.83. The summed E-state index contributed by atoms with van der Waals surface area (Å²) in [5.41, 5.74) is 2.50. The Bertz CT molecular complexity index is 1590. The Balaban J connectivity index is 1.53. The molecule has 3 atom stereocenters. The number of hydrogen-bond donors (Lipinski definition) is 2. The van der Waals surface area contributed by atoms with Gasteiger partial charge in [0.2, 0.25) is 0 Å². The van der Waals surface area contributed by atoms with Crippen LogP contribution in [0, 0.1) is 0 Å². The maximum absolute atomic E-state index is 15.2. The topological polar surface area (TPSA) is 80.9 Å². The molecule has 210 valence electrons. The first kappa shape index (κ1) is 27.6. The number of aromatic nitrogens is 3. The number of nitrogens with one attached hydrogen (secondary N) is 1. The number of methoxy groups -OCH3 is 1. The van der Waals surface area contributed by atoms with Gasteiger partial charge < -0.3 is 19.9 Å². The minimum atomic E-state index is -3.48. The Morgan fingerprint density at radius 2 is 1.56 bits per heavy atom. The number of aliphatic hydroxyl groups excluding tert-OH is 1. The van der Waals surface area contributed by atoms with E-state index in [-0.39, 0.29) is 10.1 Å². The molecule has 3 heterocycles. The van der Waals surface area contributed by atoms with Crippen molar-refractivity contribution in [2.24, 2.45) is 0 Å². The van der Waals surface area contributed by atoms with Crippen LogP contribution in [0.4, 0.5) is 14.6 Å². The number of fused-ring (bicyclic) bond motifs is 1. The first-order chi connectivity index (χ1) is 19.9. The second kappa shape index (κ2) is 11.0. The van der Waals surface area contributed by atoms with Gasteiger partial charge in [0.25, 0.3) is 0 Å². The van der Waals surface area contributed by atoms with Crippen molar-refractivity contribution < 1.29 is 23.4 Å². The molecule has 3 aromatic carbocycles. The fourth-order valence-corrected chi connectivity index (χ4v) is 6.18. The number of ether oxygens (including phenoxy) is 2. The molecule has 10 heteroatoms. The molecule has 1 fully saturated rings. The van der Waals surface area contributed by atoms with Crippen LogP contribution in [0.15, 0.2) is 103 Å². The maximum atomic E-state index is 15.2. The Labute approximate surface area is 249 Å². The minimum absolute atomic E-state index is 0.135. The van der Waals surface area contributed by atoms with E-state index in [2.05, 4.69) is 15.4 Å². The van der Waals surface area contributed by atoms with Crippen molar-refractivity contribution in [1.29, 1.82) is 0 Å². The first-order valence-corrected chi connectivity index (χ1v) is 14.6. The van der Waals surface area contributed by atoms with Crippen molar-refractivity contribution in [3.05, 3.63) is 126 Å². The number of anilines is 1. The van der Waals surface area contributed by atoms with Crippen LogP contribution in [-0.4, -0.2) is 49.4 Å². The fraction of sp³-hybridized carbons (Fsp3) is 0.226. The van der Waals surface area contributed by atoms with Crippen LogP contribution in [0.3, 0.4) is 0 Å². The van der Waals surface area contributed by atoms with Crippen LogP contribution in [-0.2, 0) is 10.3 Å². The van der Waals surface area contributed by atoms with E-state index >= 15 is 8.78 Å². The predicted molar refractivity (Wildman–Crippen MR) is 160 cm³/mol. The van der Waals surface area contributed by atoms with Gasteiger partial charge in [0.05, 0.1) is 18.9 Å². The van der Waals surface area contributed by atoms with Gasteiger partial charge >= 0.3 is 5.92 Å². The van der Waals surface area contributed by atoms with Crippen molar-refractivity contribution in [2.75, 3.05) is 16.9 Å². The number of rotatable bonds is 8. The molecule has 0 radical (unpaired) electrons. The van der Waals surface area contributed by atoms with E-state index < -0.39 is 29.8 Å². The third kappa shape index (κ3) is 4.63. The monoisotopic (exact) mass is 668 g/mol. The summed E-state index contributed by atoms with van der Waals surface area (Å²) in [7, 11) is 1.62. The van der Waals surface area contributed by atoms with E-state index in [1.807, 2.05) is 108 Å². The van der Waals surface area contributed by atoms with E-state index in [1.54, 1.807) is 19.2 Å². The van der Waals surface area contributed by atoms with Gasteiger partial charge in [-0.15, -0.1) is 0 Å². The van der Waals surface area contributed by atoms with Crippen LogP contribution in [0.5, 0.6) is 5.75 Å². The summed E-state index contributed by atoms with van der Waals surface area (Å²) in [4.78, 5) is 4.58. The lowest BCUT2D eigenvalue weighted by molar-refractivity contribution is -0.114. The number of aliphatic hydroxyl groups is 1. The number of hydrogen-bond acceptors (Lipinski definition) is 6. The molecule has 0 saturated carbocycles. The fourth-order valence-electron chi connectivity index (χ4n) is 5.49. The van der Waals surface area contributed by atoms with Crippen LogP contribution in [0.2, 0.25) is 0 Å². The van der Waals surface area contributed by atoms with E-state index in [0.29, 0.717) is 17.1 Å². The molecule has 2 aromatic heterocycles. The number of benzene rings is 3. The standard InChI is InChI=1S/C31H27F2IN4O3/c1-40-23-14-12-22(13-15-23)30(20-8-4-2-5-9-20,21-10-6-3-7-11-21)37-29-25-17-16-24(38(25)36-19-35-29)28-31(32,33)27(39)26(18-34)41-28/h2-17,19,26-28,39H,18H2,1H3,(H,35,36,37)/t26-,27-,28+/m1/s1. The molecule has 0 amide bonds. The molecule has 1 aliphatic heterocycles. The molecule has 41 heavy (non-hydrogen) atoms. The highest BCUT2D eigenvalue weighted by atomic mass is 127. The van der Waals surface area contributed by atoms with Gasteiger partial charge in [0.1, 0.15) is 29.2 Å². The van der Waals surface area contributed by atoms with Gasteiger partial charge in [-0.3, -0.25) is 0 Å². The highest BCUT2D eigenvalue weighted by Crippen LogP contribution is 2.47. The Morgan fingerprint density at radius 3 is 2.12 bits per heavy atom. The Kier molecular flexibility index (Phi) is 7.39. The normalized spacial score (nSPS) is 20.3. The summed E-state index contributed by atoms with van der Waals surface area (Å²) in [5.74, 6) is -2.33. The highest BCUT2D eigenvalue weighted by Gasteiger charge is 2.59. The summed E-state index contributed by atoms with van der Waals surface area (Å²) >= 11 is 1.94. The molecular formula is C31H27F2IN4O3. The number of alkyl halides is 3. The summed E-state index contributed by atoms with van der Waals surface area (Å²) in [5, 5.41) is 18.2. The van der Waals surface area contributed by atoms with E-state index in [9.17, 15) is 5.11 Å². The lowest BCUT2D eigenvalue weighted by atomic mass is 9.77. The van der Waals surface area contributed by atoms with Crippen LogP contribution in [0.25, 0.3) is 5.52 Å². The van der Waals surface area contributed by atoms with Crippen molar-refractivity contribution in [1.82, 2.24) is 14.6 Å². The zero-order valence-corrected chi connectivity index (χ0v) is 24.2. The molecule has 0 spiro atoms. The number of nitrogens with zero attached hydrogens (tertiary/aromatic N) is 3. The molecule has 2 N–H and O–H groups in total. The van der Waals surface area contributed by atoms with Gasteiger partial charge in [0, 0.05) is 4.43 Å². The molecule has 0 aliphatic carbocycles. The lowest BCUT2D eigenvalue weighted by Crippen LogP contribution is -2.38. The quantitative estimate of drug-likeness (QED) is 0.120. The van der Waals surface area contributed by atoms with Crippen molar-refractivity contribution in [3.63, 3.8) is 0 Å². The van der Waals surface area contributed by atoms with Crippen molar-refractivity contribution in [3.8, 4) is 5.75 Å². The molecule has 1 aliphatic rings. The van der Waals surface area contributed by atoms with Gasteiger partial charge in [-0.2, -0.15) is 5.10 Å². The lowest BCUT2D eigenvalue weighted by Gasteiger charge is -2.37. The molecule has 7 nitrogen and oxygen atoms in total. The highest BCUT2D eigenvalue weighted by molar-refractivity contribution is 14.1. The second-order valence-corrected chi connectivity index (χ2v) is 10.7. The predicted octanol–water partition coefficient (Wildman–Crippen LogP) is 6.01. The molecule has 5 aromatic rings. The van der Waals surface area contributed by atoms with Crippen LogP contribution in [0.1, 0.15) is 28.5 Å². The maximum Gasteiger partial charge on any atom is 0.307 e. The Morgan fingerprint density at radius 1 is 0.951 bits per heavy atom. The largest absolute Gasteiger partial charge is 0.497 e. The van der Waals surface area contributed by atoms with Gasteiger partial charge in [-0.05, 0) is 41.0 Å². The average Bonchev–Trinajstić information content (AvgIpc) is 3.54. The summed E-state index contributed by atoms with van der Waals surface area (Å²) in [6.07, 6.45) is -3.22. The van der Waals surface area contributed by atoms with Gasteiger partial charge in [-0.1, -0.05) is 95.4 Å².